The van der Waals surface area contributed by atoms with Crippen molar-refractivity contribution in [1.82, 2.24) is 0 Å². The number of benzene rings is 1. The molecule has 1 aromatic carbocycles. The maximum absolute atomic E-state index is 13.5. The highest BCUT2D eigenvalue weighted by molar-refractivity contribution is 5.94. The van der Waals surface area contributed by atoms with Gasteiger partial charge in [0.1, 0.15) is 5.82 Å². The lowest BCUT2D eigenvalue weighted by Crippen LogP contribution is -2.40. The summed E-state index contributed by atoms with van der Waals surface area (Å²) in [7, 11) is 0. The Bertz CT molecular complexity index is 420. The third-order valence-corrected chi connectivity index (χ3v) is 3.26. The highest BCUT2D eigenvalue weighted by Gasteiger charge is 2.19. The molecule has 1 amide bonds. The van der Waals surface area contributed by atoms with Crippen molar-refractivity contribution in [1.29, 1.82) is 0 Å². The van der Waals surface area contributed by atoms with E-state index in [0.29, 0.717) is 17.7 Å². The summed E-state index contributed by atoms with van der Waals surface area (Å²) in [6, 6.07) is 4.15. The van der Waals surface area contributed by atoms with Crippen molar-refractivity contribution >= 4 is 11.6 Å². The third kappa shape index (κ3) is 3.53. The highest BCUT2D eigenvalue weighted by atomic mass is 19.1. The molecule has 0 spiro atoms. The number of amides is 1. The van der Waals surface area contributed by atoms with Crippen LogP contribution in [-0.4, -0.2) is 11.9 Å². The van der Waals surface area contributed by atoms with E-state index in [1.165, 1.54) is 6.07 Å². The predicted molar refractivity (Wildman–Crippen MR) is 71.8 cm³/mol. The van der Waals surface area contributed by atoms with Gasteiger partial charge in [0.2, 0.25) is 5.91 Å². The quantitative estimate of drug-likeness (QED) is 0.846. The maximum atomic E-state index is 13.5. The molecule has 0 aliphatic rings. The second-order valence-electron chi connectivity index (χ2n) is 4.56. The van der Waals surface area contributed by atoms with E-state index in [1.54, 1.807) is 12.1 Å². The Morgan fingerprint density at radius 2 is 2.11 bits per heavy atom. The SMILES string of the molecule is CCc1ccc(NC(=O)C(N)C(C)CC)cc1F. The van der Waals surface area contributed by atoms with E-state index in [1.807, 2.05) is 20.8 Å². The van der Waals surface area contributed by atoms with Crippen molar-refractivity contribution in [3.05, 3.63) is 29.6 Å². The molecule has 0 radical (unpaired) electrons. The van der Waals surface area contributed by atoms with Crippen LogP contribution in [0.4, 0.5) is 10.1 Å². The number of halogens is 1. The van der Waals surface area contributed by atoms with Gasteiger partial charge in [-0.25, -0.2) is 4.39 Å². The molecule has 3 N–H and O–H groups in total. The van der Waals surface area contributed by atoms with Crippen LogP contribution in [0.15, 0.2) is 18.2 Å². The zero-order chi connectivity index (χ0) is 13.7. The lowest BCUT2D eigenvalue weighted by Gasteiger charge is -2.17. The van der Waals surface area contributed by atoms with Crippen LogP contribution in [0, 0.1) is 11.7 Å². The molecule has 0 aromatic heterocycles. The van der Waals surface area contributed by atoms with Crippen LogP contribution in [-0.2, 0) is 11.2 Å². The summed E-state index contributed by atoms with van der Waals surface area (Å²) in [6.07, 6.45) is 1.46. The molecular formula is C14H21FN2O. The molecular weight excluding hydrogens is 231 g/mol. The summed E-state index contributed by atoms with van der Waals surface area (Å²) in [6.45, 7) is 5.79. The minimum Gasteiger partial charge on any atom is -0.325 e. The number of carbonyl (C=O) groups is 1. The van der Waals surface area contributed by atoms with Gasteiger partial charge < -0.3 is 11.1 Å². The van der Waals surface area contributed by atoms with Gasteiger partial charge in [-0.2, -0.15) is 0 Å². The van der Waals surface area contributed by atoms with E-state index >= 15 is 0 Å². The van der Waals surface area contributed by atoms with E-state index in [0.717, 1.165) is 6.42 Å². The Labute approximate surface area is 108 Å². The molecule has 100 valence electrons. The van der Waals surface area contributed by atoms with E-state index in [-0.39, 0.29) is 17.6 Å². The molecule has 0 saturated carbocycles. The minimum absolute atomic E-state index is 0.102. The summed E-state index contributed by atoms with van der Waals surface area (Å²) in [4.78, 5) is 11.8. The molecule has 2 unspecified atom stereocenters. The number of nitrogens with one attached hydrogen (secondary N) is 1. The summed E-state index contributed by atoms with van der Waals surface area (Å²) < 4.78 is 13.5. The summed E-state index contributed by atoms with van der Waals surface area (Å²) in [5, 5.41) is 2.65. The second-order valence-corrected chi connectivity index (χ2v) is 4.56. The molecule has 0 aliphatic carbocycles. The zero-order valence-electron chi connectivity index (χ0n) is 11.2. The van der Waals surface area contributed by atoms with Crippen molar-refractivity contribution in [2.75, 3.05) is 5.32 Å². The van der Waals surface area contributed by atoms with Gasteiger partial charge in [-0.3, -0.25) is 4.79 Å². The summed E-state index contributed by atoms with van der Waals surface area (Å²) in [5.74, 6) is -0.467. The summed E-state index contributed by atoms with van der Waals surface area (Å²) >= 11 is 0. The van der Waals surface area contributed by atoms with Crippen molar-refractivity contribution in [2.24, 2.45) is 11.7 Å². The molecule has 1 rings (SSSR count). The number of hydrogen-bond acceptors (Lipinski definition) is 2. The van der Waals surface area contributed by atoms with Gasteiger partial charge in [0.25, 0.3) is 0 Å². The predicted octanol–water partition coefficient (Wildman–Crippen LogP) is 2.70. The van der Waals surface area contributed by atoms with Crippen LogP contribution < -0.4 is 11.1 Å². The zero-order valence-corrected chi connectivity index (χ0v) is 11.2. The van der Waals surface area contributed by atoms with Crippen molar-refractivity contribution < 1.29 is 9.18 Å². The van der Waals surface area contributed by atoms with Crippen LogP contribution in [0.5, 0.6) is 0 Å². The first-order valence-electron chi connectivity index (χ1n) is 6.34. The monoisotopic (exact) mass is 252 g/mol. The molecule has 0 saturated heterocycles. The smallest absolute Gasteiger partial charge is 0.241 e. The second kappa shape index (κ2) is 6.50. The molecule has 4 heteroatoms. The van der Waals surface area contributed by atoms with Crippen molar-refractivity contribution in [2.45, 2.75) is 39.7 Å². The van der Waals surface area contributed by atoms with Gasteiger partial charge >= 0.3 is 0 Å². The number of anilines is 1. The molecule has 3 nitrogen and oxygen atoms in total. The fourth-order valence-electron chi connectivity index (χ4n) is 1.65. The Morgan fingerprint density at radius 3 is 2.61 bits per heavy atom. The summed E-state index contributed by atoms with van der Waals surface area (Å²) in [5.41, 5.74) is 6.90. The Balaban J connectivity index is 2.73. The normalized spacial score (nSPS) is 14.1. The van der Waals surface area contributed by atoms with Crippen molar-refractivity contribution in [3.8, 4) is 0 Å². The average molecular weight is 252 g/mol. The van der Waals surface area contributed by atoms with Crippen LogP contribution >= 0.6 is 0 Å². The van der Waals surface area contributed by atoms with Crippen LogP contribution in [0.1, 0.15) is 32.8 Å². The molecule has 2 atom stereocenters. The van der Waals surface area contributed by atoms with E-state index in [9.17, 15) is 9.18 Å². The van der Waals surface area contributed by atoms with Gasteiger partial charge in [-0.05, 0) is 30.0 Å². The maximum Gasteiger partial charge on any atom is 0.241 e. The Kier molecular flexibility index (Phi) is 5.28. The molecule has 18 heavy (non-hydrogen) atoms. The van der Waals surface area contributed by atoms with Gasteiger partial charge in [0, 0.05) is 5.69 Å². The minimum atomic E-state index is -0.566. The van der Waals surface area contributed by atoms with Crippen LogP contribution in [0.25, 0.3) is 0 Å². The van der Waals surface area contributed by atoms with E-state index < -0.39 is 6.04 Å². The standard InChI is InChI=1S/C14H21FN2O/c1-4-9(3)13(16)14(18)17-11-7-6-10(5-2)12(15)8-11/h6-9,13H,4-5,16H2,1-3H3,(H,17,18). The lowest BCUT2D eigenvalue weighted by molar-refractivity contribution is -0.118. The highest BCUT2D eigenvalue weighted by Crippen LogP contribution is 2.16. The Morgan fingerprint density at radius 1 is 1.44 bits per heavy atom. The average Bonchev–Trinajstić information content (AvgIpc) is 2.37. The number of nitrogens with two attached hydrogens (primary N) is 1. The topological polar surface area (TPSA) is 55.1 Å². The molecule has 0 bridgehead atoms. The molecule has 0 fully saturated rings. The first-order valence-corrected chi connectivity index (χ1v) is 6.34. The number of rotatable bonds is 5. The molecule has 1 aromatic rings. The van der Waals surface area contributed by atoms with E-state index in [4.69, 9.17) is 5.73 Å². The van der Waals surface area contributed by atoms with Crippen LogP contribution in [0.3, 0.4) is 0 Å². The number of carbonyl (C=O) groups excluding carboxylic acids is 1. The molecule has 0 heterocycles. The lowest BCUT2D eigenvalue weighted by atomic mass is 9.99. The fraction of sp³-hybridized carbons (Fsp3) is 0.500. The van der Waals surface area contributed by atoms with Gasteiger partial charge in [-0.15, -0.1) is 0 Å². The largest absolute Gasteiger partial charge is 0.325 e. The number of aryl methyl sites for hydroxylation is 1. The molecule has 0 aliphatic heterocycles. The third-order valence-electron chi connectivity index (χ3n) is 3.26. The van der Waals surface area contributed by atoms with Crippen molar-refractivity contribution in [3.63, 3.8) is 0 Å². The van der Waals surface area contributed by atoms with Gasteiger partial charge in [0.15, 0.2) is 0 Å². The van der Waals surface area contributed by atoms with Gasteiger partial charge in [-0.1, -0.05) is 33.3 Å². The fourth-order valence-corrected chi connectivity index (χ4v) is 1.65. The first kappa shape index (κ1) is 14.6. The van der Waals surface area contributed by atoms with E-state index in [2.05, 4.69) is 5.32 Å². The number of hydrogen-bond donors (Lipinski definition) is 2. The van der Waals surface area contributed by atoms with Crippen LogP contribution in [0.2, 0.25) is 0 Å². The van der Waals surface area contributed by atoms with Gasteiger partial charge in [0.05, 0.1) is 6.04 Å². The Hall–Kier alpha value is -1.42. The first-order chi connectivity index (χ1) is 8.49.